The van der Waals surface area contributed by atoms with Crippen molar-refractivity contribution in [1.29, 1.82) is 0 Å². The molecule has 8 heteroatoms. The fourth-order valence-electron chi connectivity index (χ4n) is 3.80. The van der Waals surface area contributed by atoms with Crippen LogP contribution in [-0.2, 0) is 16.0 Å². The molecule has 2 aromatic heterocycles. The second kappa shape index (κ2) is 9.15. The summed E-state index contributed by atoms with van der Waals surface area (Å²) < 4.78 is 5.32. The van der Waals surface area contributed by atoms with E-state index >= 15 is 0 Å². The van der Waals surface area contributed by atoms with Gasteiger partial charge in [-0.15, -0.1) is 11.3 Å². The van der Waals surface area contributed by atoms with Crippen molar-refractivity contribution in [3.8, 4) is 0 Å². The number of ether oxygens (including phenoxy) is 1. The van der Waals surface area contributed by atoms with Crippen molar-refractivity contribution >= 4 is 51.8 Å². The number of urea groups is 1. The fourth-order valence-corrected chi connectivity index (χ4v) is 4.48. The zero-order valence-corrected chi connectivity index (χ0v) is 19.5. The van der Waals surface area contributed by atoms with E-state index in [-0.39, 0.29) is 0 Å². The van der Waals surface area contributed by atoms with Gasteiger partial charge in [0.25, 0.3) is 5.91 Å². The number of imide groups is 1. The number of pyridine rings is 1. The van der Waals surface area contributed by atoms with Crippen LogP contribution in [0.5, 0.6) is 0 Å². The Morgan fingerprint density at radius 2 is 1.91 bits per heavy atom. The van der Waals surface area contributed by atoms with Gasteiger partial charge in [0.2, 0.25) is 0 Å². The predicted octanol–water partition coefficient (Wildman–Crippen LogP) is 4.56. The molecule has 2 N–H and O–H groups in total. The fraction of sp³-hybridized carbons (Fsp3) is 0.280. The first-order valence-electron chi connectivity index (χ1n) is 10.7. The van der Waals surface area contributed by atoms with Crippen LogP contribution < -0.4 is 10.6 Å². The Morgan fingerprint density at radius 1 is 1.12 bits per heavy atom. The van der Waals surface area contributed by atoms with Crippen molar-refractivity contribution in [3.63, 3.8) is 0 Å². The number of nitrogens with one attached hydrogen (secondary N) is 2. The van der Waals surface area contributed by atoms with E-state index in [2.05, 4.69) is 16.7 Å². The van der Waals surface area contributed by atoms with Crippen LogP contribution in [0.4, 0.5) is 4.79 Å². The van der Waals surface area contributed by atoms with Gasteiger partial charge in [0.15, 0.2) is 6.61 Å². The first kappa shape index (κ1) is 22.7. The third kappa shape index (κ3) is 5.28. The standard InChI is InChI=1S/C25H25N3O4S/c1-25(2,3)28-24(31)27-20(29)14-32-23(30)21-17-8-4-5-9-19(17)26-22-15(10-11-18(21)22)13-16-7-6-12-33-16/h4-9,12-13H,10-11,14H2,1-3H3,(H2,27,28,29,31). The molecule has 0 atom stereocenters. The van der Waals surface area contributed by atoms with Crippen molar-refractivity contribution in [2.45, 2.75) is 39.2 Å². The third-order valence-corrected chi connectivity index (χ3v) is 5.90. The summed E-state index contributed by atoms with van der Waals surface area (Å²) in [5.41, 5.74) is 3.32. The third-order valence-electron chi connectivity index (χ3n) is 5.08. The van der Waals surface area contributed by atoms with Gasteiger partial charge < -0.3 is 10.1 Å². The molecule has 7 nitrogen and oxygen atoms in total. The van der Waals surface area contributed by atoms with Crippen molar-refractivity contribution in [1.82, 2.24) is 15.6 Å². The van der Waals surface area contributed by atoms with Crippen molar-refractivity contribution in [2.75, 3.05) is 6.61 Å². The summed E-state index contributed by atoms with van der Waals surface area (Å²) in [6.07, 6.45) is 3.54. The number of aromatic nitrogens is 1. The quantitative estimate of drug-likeness (QED) is 0.553. The van der Waals surface area contributed by atoms with E-state index in [9.17, 15) is 14.4 Å². The molecule has 33 heavy (non-hydrogen) atoms. The number of benzene rings is 1. The molecule has 0 saturated carbocycles. The van der Waals surface area contributed by atoms with Gasteiger partial charge >= 0.3 is 12.0 Å². The number of rotatable bonds is 4. The van der Waals surface area contributed by atoms with Gasteiger partial charge in [0.05, 0.1) is 16.8 Å². The molecule has 4 rings (SSSR count). The van der Waals surface area contributed by atoms with Crippen molar-refractivity contribution < 1.29 is 19.1 Å². The smallest absolute Gasteiger partial charge is 0.339 e. The number of hydrogen-bond acceptors (Lipinski definition) is 6. The summed E-state index contributed by atoms with van der Waals surface area (Å²) in [5.74, 6) is -1.30. The molecule has 0 fully saturated rings. The molecule has 0 unspecified atom stereocenters. The van der Waals surface area contributed by atoms with Crippen molar-refractivity contribution in [3.05, 3.63) is 63.5 Å². The highest BCUT2D eigenvalue weighted by Gasteiger charge is 2.28. The molecular weight excluding hydrogens is 438 g/mol. The Kier molecular flexibility index (Phi) is 6.29. The van der Waals surface area contributed by atoms with Crippen LogP contribution in [0.15, 0.2) is 41.8 Å². The first-order chi connectivity index (χ1) is 15.7. The van der Waals surface area contributed by atoms with Crippen LogP contribution in [0, 0.1) is 0 Å². The van der Waals surface area contributed by atoms with Gasteiger partial charge in [-0.3, -0.25) is 10.1 Å². The van der Waals surface area contributed by atoms with Crippen LogP contribution in [0.2, 0.25) is 0 Å². The molecule has 0 saturated heterocycles. The molecule has 170 valence electrons. The number of allylic oxidation sites excluding steroid dienone is 1. The molecule has 0 bridgehead atoms. The Bertz CT molecular complexity index is 1260. The first-order valence-corrected chi connectivity index (χ1v) is 11.5. The monoisotopic (exact) mass is 463 g/mol. The summed E-state index contributed by atoms with van der Waals surface area (Å²) in [6.45, 7) is 4.84. The van der Waals surface area contributed by atoms with E-state index in [0.717, 1.165) is 28.1 Å². The molecule has 0 spiro atoms. The lowest BCUT2D eigenvalue weighted by Gasteiger charge is -2.20. The van der Waals surface area contributed by atoms with Gasteiger partial charge in [-0.2, -0.15) is 0 Å². The van der Waals surface area contributed by atoms with Crippen molar-refractivity contribution in [2.24, 2.45) is 0 Å². The number of thiophene rings is 1. The lowest BCUT2D eigenvalue weighted by molar-refractivity contribution is -0.123. The predicted molar refractivity (Wildman–Crippen MR) is 129 cm³/mol. The molecule has 1 aliphatic carbocycles. The van der Waals surface area contributed by atoms with E-state index in [0.29, 0.717) is 22.9 Å². The summed E-state index contributed by atoms with van der Waals surface area (Å²) >= 11 is 1.65. The van der Waals surface area contributed by atoms with Crippen LogP contribution in [0.3, 0.4) is 0 Å². The summed E-state index contributed by atoms with van der Waals surface area (Å²) in [4.78, 5) is 43.1. The minimum atomic E-state index is -0.696. The number of hydrogen-bond donors (Lipinski definition) is 2. The number of fused-ring (bicyclic) bond motifs is 2. The molecule has 1 aliphatic rings. The molecular formula is C25H25N3O4S. The molecule has 2 heterocycles. The van der Waals surface area contributed by atoms with Gasteiger partial charge in [-0.05, 0) is 68.3 Å². The van der Waals surface area contributed by atoms with Crippen LogP contribution in [-0.4, -0.2) is 35.0 Å². The van der Waals surface area contributed by atoms with E-state index in [4.69, 9.17) is 9.72 Å². The molecule has 0 aliphatic heterocycles. The highest BCUT2D eigenvalue weighted by atomic mass is 32.1. The summed E-state index contributed by atoms with van der Waals surface area (Å²) in [5, 5.41) is 7.51. The summed E-state index contributed by atoms with van der Waals surface area (Å²) in [6, 6.07) is 10.8. The number of amides is 3. The van der Waals surface area contributed by atoms with Crippen LogP contribution >= 0.6 is 11.3 Å². The number of carbonyl (C=O) groups is 3. The highest BCUT2D eigenvalue weighted by Crippen LogP contribution is 2.38. The molecule has 0 radical (unpaired) electrons. The van der Waals surface area contributed by atoms with E-state index in [1.165, 1.54) is 0 Å². The Labute approximate surface area is 195 Å². The van der Waals surface area contributed by atoms with Gasteiger partial charge in [0, 0.05) is 15.8 Å². The molecule has 3 amide bonds. The normalized spacial score (nSPS) is 14.2. The lowest BCUT2D eigenvalue weighted by atomic mass is 10.0. The zero-order chi connectivity index (χ0) is 23.6. The van der Waals surface area contributed by atoms with Gasteiger partial charge in [-0.1, -0.05) is 24.3 Å². The Morgan fingerprint density at radius 3 is 2.64 bits per heavy atom. The maximum Gasteiger partial charge on any atom is 0.339 e. The minimum Gasteiger partial charge on any atom is -0.452 e. The van der Waals surface area contributed by atoms with E-state index < -0.39 is 30.1 Å². The lowest BCUT2D eigenvalue weighted by Crippen LogP contribution is -2.49. The number of carbonyl (C=O) groups excluding carboxylic acids is 3. The van der Waals surface area contributed by atoms with E-state index in [1.807, 2.05) is 41.8 Å². The number of nitrogens with zero attached hydrogens (tertiary/aromatic N) is 1. The Balaban J connectivity index is 1.58. The van der Waals surface area contributed by atoms with Gasteiger partial charge in [0.1, 0.15) is 0 Å². The average molecular weight is 464 g/mol. The average Bonchev–Trinajstić information content (AvgIpc) is 3.39. The van der Waals surface area contributed by atoms with Crippen LogP contribution in [0.1, 0.15) is 53.7 Å². The largest absolute Gasteiger partial charge is 0.452 e. The summed E-state index contributed by atoms with van der Waals surface area (Å²) in [7, 11) is 0. The Hall–Kier alpha value is -3.52. The SMILES string of the molecule is CC(C)(C)NC(=O)NC(=O)COC(=O)c1c2c(nc3ccccc13)C(=Cc1cccs1)CC2. The second-order valence-electron chi connectivity index (χ2n) is 8.84. The van der Waals surface area contributed by atoms with Crippen LogP contribution in [0.25, 0.3) is 22.6 Å². The van der Waals surface area contributed by atoms with E-state index in [1.54, 1.807) is 32.1 Å². The maximum atomic E-state index is 13.1. The topological polar surface area (TPSA) is 97.4 Å². The molecule has 1 aromatic carbocycles. The number of esters is 1. The number of para-hydroxylation sites is 1. The zero-order valence-electron chi connectivity index (χ0n) is 18.7. The minimum absolute atomic E-state index is 0.428. The molecule has 3 aromatic rings. The van der Waals surface area contributed by atoms with Gasteiger partial charge in [-0.25, -0.2) is 14.6 Å². The second-order valence-corrected chi connectivity index (χ2v) is 9.82. The highest BCUT2D eigenvalue weighted by molar-refractivity contribution is 7.10. The maximum absolute atomic E-state index is 13.1.